The molecule has 0 aliphatic heterocycles. The molecule has 0 saturated carbocycles. The summed E-state index contributed by atoms with van der Waals surface area (Å²) in [5.41, 5.74) is 0.653. The average Bonchev–Trinajstić information content (AvgIpc) is 2.53. The number of ether oxygens (including phenoxy) is 1. The van der Waals surface area contributed by atoms with E-state index >= 15 is 0 Å². The third-order valence-corrected chi connectivity index (χ3v) is 4.50. The predicted octanol–water partition coefficient (Wildman–Crippen LogP) is 2.45. The van der Waals surface area contributed by atoms with E-state index in [4.69, 9.17) is 9.84 Å². The molecule has 0 aliphatic rings. The molecular weight excluding hydrogens is 288 g/mol. The maximum absolute atomic E-state index is 8.92. The van der Waals surface area contributed by atoms with Crippen molar-refractivity contribution in [1.82, 2.24) is 9.55 Å². The van der Waals surface area contributed by atoms with Crippen molar-refractivity contribution < 1.29 is 9.84 Å². The monoisotopic (exact) mass is 306 g/mol. The minimum absolute atomic E-state index is 0.0412. The fourth-order valence-corrected chi connectivity index (χ4v) is 2.34. The third kappa shape index (κ3) is 4.78. The first-order valence-electron chi connectivity index (χ1n) is 5.32. The summed E-state index contributed by atoms with van der Waals surface area (Å²) >= 11 is 3.32. The van der Waals surface area contributed by atoms with E-state index in [1.165, 1.54) is 0 Å². The number of halogens is 1. The van der Waals surface area contributed by atoms with Gasteiger partial charge in [0.2, 0.25) is 0 Å². The van der Waals surface area contributed by atoms with Gasteiger partial charge in [0.15, 0.2) is 4.73 Å². The van der Waals surface area contributed by atoms with E-state index in [1.807, 2.05) is 4.57 Å². The van der Waals surface area contributed by atoms with Gasteiger partial charge in [-0.05, 0) is 22.0 Å². The molecule has 0 fully saturated rings. The molecule has 92 valence electrons. The molecule has 0 radical (unpaired) electrons. The normalized spacial score (nSPS) is 12.1. The van der Waals surface area contributed by atoms with Crippen molar-refractivity contribution >= 4 is 24.0 Å². The van der Waals surface area contributed by atoms with Crippen LogP contribution >= 0.6 is 15.9 Å². The summed E-state index contributed by atoms with van der Waals surface area (Å²) in [6.45, 7) is 8.21. The van der Waals surface area contributed by atoms with Crippen LogP contribution in [0.3, 0.4) is 0 Å². The van der Waals surface area contributed by atoms with Gasteiger partial charge in [-0.15, -0.1) is 0 Å². The summed E-state index contributed by atoms with van der Waals surface area (Å²) in [4.78, 5) is 4.11. The first kappa shape index (κ1) is 13.9. The zero-order valence-corrected chi connectivity index (χ0v) is 12.6. The first-order chi connectivity index (χ1) is 7.42. The molecule has 1 aromatic rings. The highest BCUT2D eigenvalue weighted by atomic mass is 79.9. The molecule has 0 amide bonds. The highest BCUT2D eigenvalue weighted by Gasteiger charge is 2.12. The minimum atomic E-state index is -1.01. The molecule has 6 heteroatoms. The molecule has 0 atom stereocenters. The van der Waals surface area contributed by atoms with Crippen molar-refractivity contribution in [1.29, 1.82) is 0 Å². The van der Waals surface area contributed by atoms with E-state index in [0.29, 0.717) is 17.2 Å². The van der Waals surface area contributed by atoms with Crippen LogP contribution in [0.25, 0.3) is 0 Å². The number of aliphatic hydroxyl groups excluding tert-OH is 1. The number of imidazole rings is 1. The van der Waals surface area contributed by atoms with Crippen LogP contribution in [0.15, 0.2) is 10.9 Å². The van der Waals surface area contributed by atoms with E-state index in [2.05, 4.69) is 40.6 Å². The molecule has 0 spiro atoms. The van der Waals surface area contributed by atoms with Crippen LogP contribution in [-0.2, 0) is 18.1 Å². The number of aromatic nitrogens is 2. The number of hydrogen-bond acceptors (Lipinski definition) is 3. The summed E-state index contributed by atoms with van der Waals surface area (Å²) in [6.07, 6.45) is 1.79. The first-order valence-corrected chi connectivity index (χ1v) is 9.82. The van der Waals surface area contributed by atoms with Crippen LogP contribution in [0.4, 0.5) is 0 Å². The smallest absolute Gasteiger partial charge is 0.179 e. The Labute approximate surface area is 106 Å². The van der Waals surface area contributed by atoms with E-state index in [9.17, 15) is 0 Å². The number of rotatable bonds is 6. The molecule has 1 rings (SSSR count). The molecule has 4 nitrogen and oxygen atoms in total. The van der Waals surface area contributed by atoms with Crippen molar-refractivity contribution in [3.8, 4) is 0 Å². The van der Waals surface area contributed by atoms with Gasteiger partial charge in [-0.3, -0.25) is 0 Å². The summed E-state index contributed by atoms with van der Waals surface area (Å²) in [7, 11) is -1.01. The van der Waals surface area contributed by atoms with Crippen LogP contribution in [-0.4, -0.2) is 29.3 Å². The SMILES string of the molecule is C[Si](C)(C)CCOCn1cc(CO)nc1Br. The molecule has 0 bridgehead atoms. The van der Waals surface area contributed by atoms with E-state index in [1.54, 1.807) is 6.20 Å². The van der Waals surface area contributed by atoms with Gasteiger partial charge in [-0.1, -0.05) is 19.6 Å². The lowest BCUT2D eigenvalue weighted by molar-refractivity contribution is 0.0855. The topological polar surface area (TPSA) is 47.3 Å². The Hall–Kier alpha value is -0.173. The van der Waals surface area contributed by atoms with Gasteiger partial charge >= 0.3 is 0 Å². The van der Waals surface area contributed by atoms with Crippen LogP contribution in [0.2, 0.25) is 25.7 Å². The number of nitrogens with zero attached hydrogens (tertiary/aromatic N) is 2. The van der Waals surface area contributed by atoms with Crippen LogP contribution < -0.4 is 0 Å². The fourth-order valence-electron chi connectivity index (χ4n) is 1.15. The van der Waals surface area contributed by atoms with Gasteiger partial charge in [0.1, 0.15) is 6.73 Å². The van der Waals surface area contributed by atoms with Crippen molar-refractivity contribution in [2.75, 3.05) is 6.61 Å². The van der Waals surface area contributed by atoms with Gasteiger partial charge in [0, 0.05) is 20.9 Å². The van der Waals surface area contributed by atoms with Gasteiger partial charge in [0.05, 0.1) is 12.3 Å². The highest BCUT2D eigenvalue weighted by molar-refractivity contribution is 9.10. The molecule has 0 aliphatic carbocycles. The lowest BCUT2D eigenvalue weighted by Crippen LogP contribution is -2.22. The molecule has 0 aromatic carbocycles. The Morgan fingerprint density at radius 1 is 1.50 bits per heavy atom. The second kappa shape index (κ2) is 5.95. The zero-order valence-electron chi connectivity index (χ0n) is 10.0. The van der Waals surface area contributed by atoms with Gasteiger partial charge in [0.25, 0.3) is 0 Å². The van der Waals surface area contributed by atoms with E-state index < -0.39 is 8.07 Å². The van der Waals surface area contributed by atoms with Crippen LogP contribution in [0.1, 0.15) is 5.69 Å². The Kier molecular flexibility index (Phi) is 5.17. The fraction of sp³-hybridized carbons (Fsp3) is 0.700. The average molecular weight is 307 g/mol. The quantitative estimate of drug-likeness (QED) is 0.649. The lowest BCUT2D eigenvalue weighted by atomic mass is 10.5. The Bertz CT molecular complexity index is 336. The van der Waals surface area contributed by atoms with Gasteiger partial charge in [-0.2, -0.15) is 0 Å². The Morgan fingerprint density at radius 2 is 2.19 bits per heavy atom. The summed E-state index contributed by atoms with van der Waals surface area (Å²) in [5, 5.41) is 8.92. The van der Waals surface area contributed by atoms with Crippen molar-refractivity contribution in [2.24, 2.45) is 0 Å². The number of hydrogen-bond donors (Lipinski definition) is 1. The number of aliphatic hydroxyl groups is 1. The van der Waals surface area contributed by atoms with Crippen molar-refractivity contribution in [3.05, 3.63) is 16.6 Å². The standard InChI is InChI=1S/C10H19BrN2O2Si/c1-16(2,3)5-4-15-8-13-6-9(7-14)12-10(13)11/h6,14H,4-5,7-8H2,1-3H3. The second-order valence-corrected chi connectivity index (χ2v) is 11.3. The molecule has 0 saturated heterocycles. The molecule has 1 N–H and O–H groups in total. The maximum atomic E-state index is 8.92. The minimum Gasteiger partial charge on any atom is -0.390 e. The maximum Gasteiger partial charge on any atom is 0.179 e. The van der Waals surface area contributed by atoms with E-state index in [-0.39, 0.29) is 6.61 Å². The zero-order chi connectivity index (χ0) is 12.2. The van der Waals surface area contributed by atoms with Gasteiger partial charge < -0.3 is 14.4 Å². The Morgan fingerprint density at radius 3 is 2.69 bits per heavy atom. The van der Waals surface area contributed by atoms with Crippen LogP contribution in [0.5, 0.6) is 0 Å². The third-order valence-electron chi connectivity index (χ3n) is 2.17. The molecule has 1 aromatic heterocycles. The van der Waals surface area contributed by atoms with Gasteiger partial charge in [-0.25, -0.2) is 4.98 Å². The molecule has 16 heavy (non-hydrogen) atoms. The second-order valence-electron chi connectivity index (χ2n) is 4.98. The molecular formula is C10H19BrN2O2Si. The summed E-state index contributed by atoms with van der Waals surface area (Å²) in [5.74, 6) is 0. The lowest BCUT2D eigenvalue weighted by Gasteiger charge is -2.15. The highest BCUT2D eigenvalue weighted by Crippen LogP contribution is 2.12. The molecule has 1 heterocycles. The summed E-state index contributed by atoms with van der Waals surface area (Å²) in [6, 6.07) is 1.16. The summed E-state index contributed by atoms with van der Waals surface area (Å²) < 4.78 is 8.12. The van der Waals surface area contributed by atoms with E-state index in [0.717, 1.165) is 12.7 Å². The predicted molar refractivity (Wildman–Crippen MR) is 70.0 cm³/mol. The van der Waals surface area contributed by atoms with Crippen LogP contribution in [0, 0.1) is 0 Å². The largest absolute Gasteiger partial charge is 0.390 e. The van der Waals surface area contributed by atoms with Crippen molar-refractivity contribution in [2.45, 2.75) is 39.0 Å². The molecule has 0 unspecified atom stereocenters. The Balaban J connectivity index is 2.34. The van der Waals surface area contributed by atoms with Crippen molar-refractivity contribution in [3.63, 3.8) is 0 Å².